The van der Waals surface area contributed by atoms with Crippen LogP contribution in [-0.2, 0) is 16.1 Å². The van der Waals surface area contributed by atoms with Crippen LogP contribution in [0, 0.1) is 0 Å². The summed E-state index contributed by atoms with van der Waals surface area (Å²) in [7, 11) is 0. The Bertz CT molecular complexity index is 595. The average Bonchev–Trinajstić information content (AvgIpc) is 3.08. The van der Waals surface area contributed by atoms with Gasteiger partial charge < -0.3 is 14.4 Å². The first-order valence-electron chi connectivity index (χ1n) is 9.63. The van der Waals surface area contributed by atoms with Crippen LogP contribution in [0.5, 0.6) is 0 Å². The summed E-state index contributed by atoms with van der Waals surface area (Å²) < 4.78 is 11.3. The molecular weight excluding hydrogens is 328 g/mol. The second kappa shape index (κ2) is 9.19. The summed E-state index contributed by atoms with van der Waals surface area (Å²) in [5, 5.41) is 0. The van der Waals surface area contributed by atoms with Gasteiger partial charge in [-0.2, -0.15) is 0 Å². The molecule has 3 rings (SSSR count). The van der Waals surface area contributed by atoms with Crippen LogP contribution >= 0.6 is 0 Å². The maximum absolute atomic E-state index is 12.4. The largest absolute Gasteiger partial charge is 0.445 e. The molecule has 0 aromatic heterocycles. The average molecular weight is 358 g/mol. The molecule has 0 radical (unpaired) electrons. The summed E-state index contributed by atoms with van der Waals surface area (Å²) >= 11 is 0. The number of hydrogen-bond acceptors (Lipinski definition) is 4. The fourth-order valence-electron chi connectivity index (χ4n) is 3.82. The van der Waals surface area contributed by atoms with E-state index in [1.165, 1.54) is 0 Å². The number of morpholine rings is 1. The van der Waals surface area contributed by atoms with E-state index < -0.39 is 0 Å². The Kier molecular flexibility index (Phi) is 6.69. The van der Waals surface area contributed by atoms with E-state index in [4.69, 9.17) is 9.47 Å². The number of carbonyl (C=O) groups excluding carboxylic acids is 1. The first-order valence-corrected chi connectivity index (χ1v) is 9.63. The molecule has 3 atom stereocenters. The van der Waals surface area contributed by atoms with Gasteiger partial charge in [-0.1, -0.05) is 42.5 Å². The topological polar surface area (TPSA) is 42.0 Å². The van der Waals surface area contributed by atoms with E-state index in [0.29, 0.717) is 6.61 Å². The van der Waals surface area contributed by atoms with Gasteiger partial charge in [-0.05, 0) is 32.3 Å². The van der Waals surface area contributed by atoms with E-state index >= 15 is 0 Å². The maximum Gasteiger partial charge on any atom is 0.410 e. The molecule has 0 spiro atoms. The lowest BCUT2D eigenvalue weighted by Gasteiger charge is -2.34. The number of likely N-dealkylation sites (tertiary alicyclic amines) is 1. The number of carbonyl (C=O) groups is 1. The van der Waals surface area contributed by atoms with Gasteiger partial charge in [0.25, 0.3) is 0 Å². The van der Waals surface area contributed by atoms with Crippen LogP contribution in [0.3, 0.4) is 0 Å². The number of rotatable bonds is 5. The highest BCUT2D eigenvalue weighted by molar-refractivity contribution is 5.68. The van der Waals surface area contributed by atoms with Crippen LogP contribution in [0.1, 0.15) is 32.3 Å². The molecule has 0 saturated carbocycles. The number of ether oxygens (including phenoxy) is 2. The van der Waals surface area contributed by atoms with Crippen molar-refractivity contribution in [2.75, 3.05) is 26.2 Å². The van der Waals surface area contributed by atoms with Crippen LogP contribution < -0.4 is 0 Å². The van der Waals surface area contributed by atoms with E-state index in [9.17, 15) is 4.79 Å². The summed E-state index contributed by atoms with van der Waals surface area (Å²) in [6.45, 7) is 8.16. The van der Waals surface area contributed by atoms with E-state index in [-0.39, 0.29) is 24.3 Å². The van der Waals surface area contributed by atoms with Gasteiger partial charge in [-0.3, -0.25) is 4.90 Å². The standard InChI is InChI=1S/C21H30N2O3/c1-17-14-22(15-18(2)26-17)12-6-10-20-11-7-13-23(20)21(24)25-16-19-8-4-3-5-9-19/h3-6,8-10,17-18,20H,7,11-16H2,1-2H3/b10-6+/t17-,18-,20-/m1/s1. The molecule has 2 heterocycles. The van der Waals surface area contributed by atoms with Gasteiger partial charge in [0.05, 0.1) is 18.2 Å². The zero-order valence-electron chi connectivity index (χ0n) is 15.8. The van der Waals surface area contributed by atoms with E-state index in [0.717, 1.165) is 44.6 Å². The van der Waals surface area contributed by atoms with Crippen molar-refractivity contribution < 1.29 is 14.3 Å². The van der Waals surface area contributed by atoms with Crippen LogP contribution in [0.25, 0.3) is 0 Å². The highest BCUT2D eigenvalue weighted by Gasteiger charge is 2.28. The quantitative estimate of drug-likeness (QED) is 0.756. The molecule has 2 saturated heterocycles. The van der Waals surface area contributed by atoms with Crippen molar-refractivity contribution in [1.82, 2.24) is 9.80 Å². The van der Waals surface area contributed by atoms with Gasteiger partial charge in [-0.15, -0.1) is 0 Å². The SMILES string of the molecule is C[C@@H]1CN(C/C=C/[C@@H]2CCCN2C(=O)OCc2ccccc2)C[C@@H](C)O1. The highest BCUT2D eigenvalue weighted by Crippen LogP contribution is 2.20. The fourth-order valence-corrected chi connectivity index (χ4v) is 3.82. The Morgan fingerprint density at radius 3 is 2.69 bits per heavy atom. The van der Waals surface area contributed by atoms with Crippen LogP contribution in [0.15, 0.2) is 42.5 Å². The van der Waals surface area contributed by atoms with Crippen LogP contribution in [0.2, 0.25) is 0 Å². The van der Waals surface area contributed by atoms with E-state index in [1.54, 1.807) is 0 Å². The Morgan fingerprint density at radius 1 is 1.23 bits per heavy atom. The third kappa shape index (κ3) is 5.32. The van der Waals surface area contributed by atoms with Gasteiger partial charge >= 0.3 is 6.09 Å². The molecule has 142 valence electrons. The first-order chi connectivity index (χ1) is 12.6. The molecule has 2 aliphatic heterocycles. The number of benzene rings is 1. The van der Waals surface area contributed by atoms with Crippen LogP contribution in [-0.4, -0.2) is 60.3 Å². The molecule has 0 bridgehead atoms. The second-order valence-electron chi connectivity index (χ2n) is 7.35. The predicted molar refractivity (Wildman–Crippen MR) is 102 cm³/mol. The van der Waals surface area contributed by atoms with Crippen molar-refractivity contribution in [3.8, 4) is 0 Å². The van der Waals surface area contributed by atoms with Crippen molar-refractivity contribution >= 4 is 6.09 Å². The van der Waals surface area contributed by atoms with Gasteiger partial charge in [0.1, 0.15) is 6.61 Å². The molecule has 2 fully saturated rings. The van der Waals surface area contributed by atoms with Crippen molar-refractivity contribution in [2.45, 2.75) is 51.5 Å². The lowest BCUT2D eigenvalue weighted by molar-refractivity contribution is -0.0646. The molecule has 1 amide bonds. The van der Waals surface area contributed by atoms with Crippen molar-refractivity contribution in [3.05, 3.63) is 48.0 Å². The predicted octanol–water partition coefficient (Wildman–Crippen LogP) is 3.45. The minimum absolute atomic E-state index is 0.147. The van der Waals surface area contributed by atoms with Gasteiger partial charge in [0, 0.05) is 26.2 Å². The highest BCUT2D eigenvalue weighted by atomic mass is 16.6. The molecule has 0 N–H and O–H groups in total. The molecule has 2 aliphatic rings. The van der Waals surface area contributed by atoms with Gasteiger partial charge in [0.15, 0.2) is 0 Å². The summed E-state index contributed by atoms with van der Waals surface area (Å²) in [5.74, 6) is 0. The van der Waals surface area contributed by atoms with Crippen molar-refractivity contribution in [2.24, 2.45) is 0 Å². The minimum atomic E-state index is -0.213. The summed E-state index contributed by atoms with van der Waals surface area (Å²) in [5.41, 5.74) is 1.02. The van der Waals surface area contributed by atoms with E-state index in [1.807, 2.05) is 35.2 Å². The molecule has 5 nitrogen and oxygen atoms in total. The Morgan fingerprint density at radius 2 is 1.96 bits per heavy atom. The lowest BCUT2D eigenvalue weighted by Crippen LogP contribution is -2.45. The molecule has 26 heavy (non-hydrogen) atoms. The summed E-state index contributed by atoms with van der Waals surface area (Å²) in [6, 6.07) is 9.96. The molecule has 5 heteroatoms. The van der Waals surface area contributed by atoms with Crippen molar-refractivity contribution in [3.63, 3.8) is 0 Å². The third-order valence-electron chi connectivity index (χ3n) is 4.96. The summed E-state index contributed by atoms with van der Waals surface area (Å²) in [4.78, 5) is 16.7. The Hall–Kier alpha value is -1.85. The minimum Gasteiger partial charge on any atom is -0.445 e. The molecular formula is C21H30N2O3. The maximum atomic E-state index is 12.4. The summed E-state index contributed by atoms with van der Waals surface area (Å²) in [6.07, 6.45) is 6.74. The Labute approximate surface area is 156 Å². The number of amides is 1. The fraction of sp³-hybridized carbons (Fsp3) is 0.571. The monoisotopic (exact) mass is 358 g/mol. The molecule has 1 aromatic carbocycles. The normalized spacial score (nSPS) is 27.2. The third-order valence-corrected chi connectivity index (χ3v) is 4.96. The van der Waals surface area contributed by atoms with E-state index in [2.05, 4.69) is 30.9 Å². The molecule has 0 aliphatic carbocycles. The number of hydrogen-bond donors (Lipinski definition) is 0. The van der Waals surface area contributed by atoms with Gasteiger partial charge in [-0.25, -0.2) is 4.79 Å². The number of nitrogens with zero attached hydrogens (tertiary/aromatic N) is 2. The Balaban J connectivity index is 1.47. The first kappa shape index (κ1) is 18.9. The van der Waals surface area contributed by atoms with Gasteiger partial charge in [0.2, 0.25) is 0 Å². The van der Waals surface area contributed by atoms with Crippen LogP contribution in [0.4, 0.5) is 4.79 Å². The molecule has 1 aromatic rings. The van der Waals surface area contributed by atoms with Crippen molar-refractivity contribution in [1.29, 1.82) is 0 Å². The zero-order chi connectivity index (χ0) is 18.4. The molecule has 0 unspecified atom stereocenters. The smallest absolute Gasteiger partial charge is 0.410 e. The lowest BCUT2D eigenvalue weighted by atomic mass is 10.2. The second-order valence-corrected chi connectivity index (χ2v) is 7.35. The zero-order valence-corrected chi connectivity index (χ0v) is 15.8.